The van der Waals surface area contributed by atoms with E-state index in [4.69, 9.17) is 15.3 Å². The van der Waals surface area contributed by atoms with Crippen LogP contribution in [0.15, 0.2) is 10.7 Å². The number of hydrogen-bond donors (Lipinski definition) is 2. The van der Waals surface area contributed by atoms with Crippen LogP contribution in [0.25, 0.3) is 0 Å². The smallest absolute Gasteiger partial charge is 0.324 e. The first kappa shape index (κ1) is 9.92. The number of aliphatic carboxylic acids is 1. The summed E-state index contributed by atoms with van der Waals surface area (Å²) < 4.78 is 5.07. The van der Waals surface area contributed by atoms with E-state index in [0.29, 0.717) is 5.56 Å². The van der Waals surface area contributed by atoms with Gasteiger partial charge in [0.15, 0.2) is 11.5 Å². The van der Waals surface area contributed by atoms with Gasteiger partial charge >= 0.3 is 5.97 Å². The van der Waals surface area contributed by atoms with E-state index in [1.54, 1.807) is 0 Å². The first-order chi connectivity index (χ1) is 6.94. The molecule has 0 radical (unpaired) electrons. The second-order valence-electron chi connectivity index (χ2n) is 3.94. The summed E-state index contributed by atoms with van der Waals surface area (Å²) in [6, 6.07) is 0. The van der Waals surface area contributed by atoms with Crippen molar-refractivity contribution in [1.82, 2.24) is 0 Å². The molecule has 5 nitrogen and oxygen atoms in total. The lowest BCUT2D eigenvalue weighted by Gasteiger charge is -2.17. The molecule has 2 rings (SSSR count). The minimum Gasteiger partial charge on any atom is -0.480 e. The number of carbonyl (C=O) groups excluding carboxylic acids is 1. The third kappa shape index (κ3) is 1.35. The van der Waals surface area contributed by atoms with Crippen molar-refractivity contribution >= 4 is 11.8 Å². The van der Waals surface area contributed by atoms with E-state index in [0.717, 1.165) is 5.56 Å². The maximum Gasteiger partial charge on any atom is 0.324 e. The van der Waals surface area contributed by atoms with Gasteiger partial charge in [-0.3, -0.25) is 9.59 Å². The van der Waals surface area contributed by atoms with Gasteiger partial charge in [0.05, 0.1) is 6.26 Å². The van der Waals surface area contributed by atoms with Gasteiger partial charge in [0.25, 0.3) is 0 Å². The van der Waals surface area contributed by atoms with Crippen LogP contribution < -0.4 is 5.73 Å². The fourth-order valence-corrected chi connectivity index (χ4v) is 1.92. The maximum atomic E-state index is 11.2. The van der Waals surface area contributed by atoms with Crippen molar-refractivity contribution in [3.8, 4) is 0 Å². The number of furan rings is 1. The molecular weight excluding hydrogens is 198 g/mol. The monoisotopic (exact) mass is 209 g/mol. The van der Waals surface area contributed by atoms with Gasteiger partial charge in [-0.2, -0.15) is 0 Å². The van der Waals surface area contributed by atoms with Gasteiger partial charge in [0.2, 0.25) is 0 Å². The molecule has 0 spiro atoms. The fourth-order valence-electron chi connectivity index (χ4n) is 1.92. The third-order valence-corrected chi connectivity index (χ3v) is 2.72. The molecule has 1 unspecified atom stereocenters. The van der Waals surface area contributed by atoms with Crippen LogP contribution >= 0.6 is 0 Å². The standard InChI is InChI=1S/C10H11NO4/c1-5(12)8-7-3-10(11,9(13)14)2-6(7)4-15-8/h4H,2-3,11H2,1H3,(H,13,14). The van der Waals surface area contributed by atoms with E-state index < -0.39 is 11.5 Å². The van der Waals surface area contributed by atoms with Crippen LogP contribution in [0.2, 0.25) is 0 Å². The predicted molar refractivity (Wildman–Crippen MR) is 50.7 cm³/mol. The number of ketones is 1. The molecule has 1 atom stereocenters. The number of carbonyl (C=O) groups is 2. The lowest BCUT2D eigenvalue weighted by Crippen LogP contribution is -2.48. The van der Waals surface area contributed by atoms with Crippen molar-refractivity contribution in [3.63, 3.8) is 0 Å². The lowest BCUT2D eigenvalue weighted by atomic mass is 9.97. The second-order valence-corrected chi connectivity index (χ2v) is 3.94. The van der Waals surface area contributed by atoms with Crippen LogP contribution in [-0.4, -0.2) is 22.4 Å². The molecule has 0 saturated carbocycles. The molecule has 15 heavy (non-hydrogen) atoms. The van der Waals surface area contributed by atoms with Gasteiger partial charge in [-0.15, -0.1) is 0 Å². The molecule has 1 heterocycles. The molecule has 0 amide bonds. The van der Waals surface area contributed by atoms with E-state index in [9.17, 15) is 9.59 Å². The maximum absolute atomic E-state index is 11.2. The van der Waals surface area contributed by atoms with Crippen molar-refractivity contribution in [2.75, 3.05) is 0 Å². The van der Waals surface area contributed by atoms with Crippen molar-refractivity contribution in [2.45, 2.75) is 25.3 Å². The van der Waals surface area contributed by atoms with Crippen LogP contribution in [0.5, 0.6) is 0 Å². The quantitative estimate of drug-likeness (QED) is 0.686. The number of carboxylic acid groups (broad SMARTS) is 1. The van der Waals surface area contributed by atoms with Gasteiger partial charge in [-0.25, -0.2) is 0 Å². The summed E-state index contributed by atoms with van der Waals surface area (Å²) >= 11 is 0. The van der Waals surface area contributed by atoms with Crippen molar-refractivity contribution in [1.29, 1.82) is 0 Å². The number of Topliss-reactive ketones (excluding diaryl/α,β-unsaturated/α-hetero) is 1. The van der Waals surface area contributed by atoms with E-state index >= 15 is 0 Å². The molecular formula is C10H11NO4. The Bertz CT molecular complexity index is 448. The minimum atomic E-state index is -1.29. The molecule has 0 fully saturated rings. The first-order valence-corrected chi connectivity index (χ1v) is 4.56. The van der Waals surface area contributed by atoms with Crippen molar-refractivity contribution in [2.24, 2.45) is 5.73 Å². The Kier molecular flexibility index (Phi) is 1.94. The van der Waals surface area contributed by atoms with Crippen LogP contribution in [0.1, 0.15) is 28.6 Å². The summed E-state index contributed by atoms with van der Waals surface area (Å²) in [4.78, 5) is 22.1. The average Bonchev–Trinajstić information content (AvgIpc) is 2.60. The minimum absolute atomic E-state index is 0.156. The summed E-state index contributed by atoms with van der Waals surface area (Å²) in [7, 11) is 0. The van der Waals surface area contributed by atoms with Gasteiger partial charge in [-0.1, -0.05) is 0 Å². The Morgan fingerprint density at radius 3 is 2.73 bits per heavy atom. The molecule has 1 aliphatic rings. The summed E-state index contributed by atoms with van der Waals surface area (Å²) in [6.45, 7) is 1.39. The van der Waals surface area contributed by atoms with Crippen molar-refractivity contribution in [3.05, 3.63) is 23.2 Å². The Morgan fingerprint density at radius 1 is 1.53 bits per heavy atom. The molecule has 0 aliphatic heterocycles. The zero-order valence-corrected chi connectivity index (χ0v) is 8.24. The zero-order chi connectivity index (χ0) is 11.2. The highest BCUT2D eigenvalue weighted by Gasteiger charge is 2.43. The van der Waals surface area contributed by atoms with Crippen LogP contribution in [0.4, 0.5) is 0 Å². The first-order valence-electron chi connectivity index (χ1n) is 4.56. The normalized spacial score (nSPS) is 23.9. The SMILES string of the molecule is CC(=O)c1occ2c1CC(N)(C(=O)O)C2. The number of rotatable bonds is 2. The highest BCUT2D eigenvalue weighted by Crippen LogP contribution is 2.32. The highest BCUT2D eigenvalue weighted by molar-refractivity contribution is 5.94. The lowest BCUT2D eigenvalue weighted by molar-refractivity contribution is -0.142. The van der Waals surface area contributed by atoms with Gasteiger partial charge < -0.3 is 15.3 Å². The van der Waals surface area contributed by atoms with Crippen LogP contribution in [0, 0.1) is 0 Å². The molecule has 0 bridgehead atoms. The Hall–Kier alpha value is -1.62. The molecule has 0 saturated heterocycles. The number of nitrogens with two attached hydrogens (primary N) is 1. The number of fused-ring (bicyclic) bond motifs is 1. The third-order valence-electron chi connectivity index (χ3n) is 2.72. The summed E-state index contributed by atoms with van der Waals surface area (Å²) in [6.07, 6.45) is 1.79. The van der Waals surface area contributed by atoms with Gasteiger partial charge in [0, 0.05) is 25.3 Å². The predicted octanol–water partition coefficient (Wildman–Crippen LogP) is 0.363. The van der Waals surface area contributed by atoms with Gasteiger partial charge in [-0.05, 0) is 5.56 Å². The van der Waals surface area contributed by atoms with Crippen molar-refractivity contribution < 1.29 is 19.1 Å². The molecule has 0 aromatic carbocycles. The largest absolute Gasteiger partial charge is 0.480 e. The highest BCUT2D eigenvalue weighted by atomic mass is 16.4. The van der Waals surface area contributed by atoms with E-state index in [-0.39, 0.29) is 24.4 Å². The average molecular weight is 209 g/mol. The zero-order valence-electron chi connectivity index (χ0n) is 8.24. The molecule has 1 aromatic heterocycles. The Labute approximate surface area is 85.9 Å². The molecule has 3 N–H and O–H groups in total. The van der Waals surface area contributed by atoms with Crippen LogP contribution in [0.3, 0.4) is 0 Å². The van der Waals surface area contributed by atoms with Crippen LogP contribution in [-0.2, 0) is 17.6 Å². The Balaban J connectivity index is 2.40. The fraction of sp³-hybridized carbons (Fsp3) is 0.400. The summed E-state index contributed by atoms with van der Waals surface area (Å²) in [5, 5.41) is 8.95. The van der Waals surface area contributed by atoms with E-state index in [1.165, 1.54) is 13.2 Å². The molecule has 1 aliphatic carbocycles. The number of hydrogen-bond acceptors (Lipinski definition) is 4. The molecule has 80 valence electrons. The van der Waals surface area contributed by atoms with Gasteiger partial charge in [0.1, 0.15) is 5.54 Å². The second kappa shape index (κ2) is 2.93. The van der Waals surface area contributed by atoms with E-state index in [1.807, 2.05) is 0 Å². The molecule has 1 aromatic rings. The summed E-state index contributed by atoms with van der Waals surface area (Å²) in [5.74, 6) is -1.02. The molecule has 5 heteroatoms. The Morgan fingerprint density at radius 2 is 2.20 bits per heavy atom. The van der Waals surface area contributed by atoms with E-state index in [2.05, 4.69) is 0 Å². The topological polar surface area (TPSA) is 93.5 Å². The summed E-state index contributed by atoms with van der Waals surface area (Å²) in [5.41, 5.74) is 5.80. The number of carboxylic acids is 1.